The molecular formula is C14H30N4O. The van der Waals surface area contributed by atoms with E-state index in [-0.39, 0.29) is 0 Å². The number of rotatable bonds is 3. The van der Waals surface area contributed by atoms with Crippen LogP contribution in [0, 0.1) is 0 Å². The van der Waals surface area contributed by atoms with E-state index in [1.54, 1.807) is 0 Å². The first-order valence-corrected chi connectivity index (χ1v) is 7.89. The third kappa shape index (κ3) is 6.68. The Morgan fingerprint density at radius 1 is 0.684 bits per heavy atom. The van der Waals surface area contributed by atoms with Crippen LogP contribution in [0.5, 0.6) is 0 Å². The molecule has 0 unspecified atom stereocenters. The molecule has 2 N–H and O–H groups in total. The average molecular weight is 270 g/mol. The van der Waals surface area contributed by atoms with Gasteiger partial charge in [-0.25, -0.2) is 0 Å². The molecule has 3 aliphatic heterocycles. The van der Waals surface area contributed by atoms with Crippen LogP contribution in [0.3, 0.4) is 0 Å². The van der Waals surface area contributed by atoms with Crippen LogP contribution in [0.4, 0.5) is 0 Å². The summed E-state index contributed by atoms with van der Waals surface area (Å²) in [5.74, 6) is 0. The van der Waals surface area contributed by atoms with Gasteiger partial charge in [-0.1, -0.05) is 0 Å². The zero-order valence-corrected chi connectivity index (χ0v) is 12.2. The number of morpholine rings is 1. The van der Waals surface area contributed by atoms with Crippen molar-refractivity contribution in [3.05, 3.63) is 0 Å². The summed E-state index contributed by atoms with van der Waals surface area (Å²) in [5.41, 5.74) is 0. The van der Waals surface area contributed by atoms with Crippen molar-refractivity contribution in [3.63, 3.8) is 0 Å². The molecule has 0 aromatic rings. The Balaban J connectivity index is 0.000000224. The lowest BCUT2D eigenvalue weighted by molar-refractivity contribution is 0.0328. The molecule has 0 spiro atoms. The average Bonchev–Trinajstić information content (AvgIpc) is 3.07. The highest BCUT2D eigenvalue weighted by molar-refractivity contribution is 4.70. The van der Waals surface area contributed by atoms with Gasteiger partial charge in [-0.3, -0.25) is 9.80 Å². The third-order valence-corrected chi connectivity index (χ3v) is 4.00. The van der Waals surface area contributed by atoms with E-state index in [4.69, 9.17) is 4.74 Å². The maximum absolute atomic E-state index is 5.33. The molecule has 112 valence electrons. The van der Waals surface area contributed by atoms with Gasteiger partial charge in [0.25, 0.3) is 0 Å². The molecule has 3 aliphatic rings. The number of hydrogen-bond acceptors (Lipinski definition) is 5. The molecule has 0 aliphatic carbocycles. The van der Waals surface area contributed by atoms with Crippen LogP contribution < -0.4 is 10.6 Å². The fraction of sp³-hybridized carbons (Fsp3) is 1.00. The Morgan fingerprint density at radius 3 is 1.74 bits per heavy atom. The number of nitrogens with one attached hydrogen (secondary N) is 2. The second-order valence-electron chi connectivity index (χ2n) is 5.50. The van der Waals surface area contributed by atoms with Crippen molar-refractivity contribution in [2.45, 2.75) is 12.8 Å². The van der Waals surface area contributed by atoms with Crippen LogP contribution in [-0.4, -0.2) is 88.5 Å². The topological polar surface area (TPSA) is 39.8 Å². The normalized spacial score (nSPS) is 25.9. The monoisotopic (exact) mass is 270 g/mol. The van der Waals surface area contributed by atoms with Gasteiger partial charge in [0.1, 0.15) is 0 Å². The lowest BCUT2D eigenvalue weighted by atomic mass is 10.3. The summed E-state index contributed by atoms with van der Waals surface area (Å²) in [6.07, 6.45) is 2.78. The van der Waals surface area contributed by atoms with Gasteiger partial charge in [0.15, 0.2) is 0 Å². The van der Waals surface area contributed by atoms with Gasteiger partial charge in [0, 0.05) is 52.4 Å². The molecule has 0 radical (unpaired) electrons. The van der Waals surface area contributed by atoms with Gasteiger partial charge in [-0.2, -0.15) is 0 Å². The van der Waals surface area contributed by atoms with Crippen LogP contribution in [-0.2, 0) is 4.74 Å². The van der Waals surface area contributed by atoms with Gasteiger partial charge >= 0.3 is 0 Å². The summed E-state index contributed by atoms with van der Waals surface area (Å²) in [6.45, 7) is 13.7. The molecule has 19 heavy (non-hydrogen) atoms. The van der Waals surface area contributed by atoms with Crippen LogP contribution >= 0.6 is 0 Å². The predicted octanol–water partition coefficient (Wildman–Crippen LogP) is -0.406. The highest BCUT2D eigenvalue weighted by Gasteiger charge is 2.13. The van der Waals surface area contributed by atoms with Crippen molar-refractivity contribution in [2.75, 3.05) is 78.7 Å². The first-order valence-electron chi connectivity index (χ1n) is 7.89. The summed E-state index contributed by atoms with van der Waals surface area (Å²) in [5, 5.41) is 6.60. The summed E-state index contributed by atoms with van der Waals surface area (Å²) in [4.78, 5) is 5.05. The first-order chi connectivity index (χ1) is 9.45. The van der Waals surface area contributed by atoms with E-state index >= 15 is 0 Å². The number of hydrogen-bond donors (Lipinski definition) is 2. The minimum atomic E-state index is 0.918. The number of piperazine rings is 1. The van der Waals surface area contributed by atoms with Gasteiger partial charge in [-0.15, -0.1) is 0 Å². The van der Waals surface area contributed by atoms with Crippen molar-refractivity contribution in [3.8, 4) is 0 Å². The van der Waals surface area contributed by atoms with Gasteiger partial charge in [-0.05, 0) is 25.9 Å². The highest BCUT2D eigenvalue weighted by atomic mass is 16.5. The standard InChI is InChI=1S/C10H21N3O.C4H9N/c1-3-12(4-2-11-1)5-6-13-7-9-14-10-8-13;1-2-4-5-3-1/h11H,1-10H2;5H,1-4H2. The van der Waals surface area contributed by atoms with Gasteiger partial charge < -0.3 is 15.4 Å². The lowest BCUT2D eigenvalue weighted by Crippen LogP contribution is -2.47. The van der Waals surface area contributed by atoms with Gasteiger partial charge in [0.2, 0.25) is 0 Å². The largest absolute Gasteiger partial charge is 0.379 e. The van der Waals surface area contributed by atoms with Crippen molar-refractivity contribution in [1.82, 2.24) is 20.4 Å². The van der Waals surface area contributed by atoms with Crippen molar-refractivity contribution in [2.24, 2.45) is 0 Å². The molecule has 5 nitrogen and oxygen atoms in total. The summed E-state index contributed by atoms with van der Waals surface area (Å²) >= 11 is 0. The van der Waals surface area contributed by atoms with Crippen molar-refractivity contribution >= 4 is 0 Å². The Morgan fingerprint density at radius 2 is 1.21 bits per heavy atom. The minimum absolute atomic E-state index is 0.918. The van der Waals surface area contributed by atoms with E-state index in [1.165, 1.54) is 52.1 Å². The van der Waals surface area contributed by atoms with Crippen LogP contribution in [0.1, 0.15) is 12.8 Å². The molecule has 0 saturated carbocycles. The molecule has 5 heteroatoms. The first kappa shape index (κ1) is 15.2. The maximum atomic E-state index is 5.33. The predicted molar refractivity (Wildman–Crippen MR) is 78.7 cm³/mol. The second kappa shape index (κ2) is 9.66. The molecule has 0 amide bonds. The maximum Gasteiger partial charge on any atom is 0.0594 e. The molecule has 0 atom stereocenters. The molecule has 3 fully saturated rings. The number of ether oxygens (including phenoxy) is 1. The zero-order valence-electron chi connectivity index (χ0n) is 12.2. The Labute approximate surface area is 117 Å². The SMILES string of the molecule is C1CCNC1.C1CN(CCN2CCOCC2)CCN1. The second-order valence-corrected chi connectivity index (χ2v) is 5.50. The summed E-state index contributed by atoms with van der Waals surface area (Å²) < 4.78 is 5.33. The summed E-state index contributed by atoms with van der Waals surface area (Å²) in [6, 6.07) is 0. The Hall–Kier alpha value is -0.200. The third-order valence-electron chi connectivity index (χ3n) is 4.00. The minimum Gasteiger partial charge on any atom is -0.379 e. The van der Waals surface area contributed by atoms with Crippen LogP contribution in [0.15, 0.2) is 0 Å². The fourth-order valence-corrected chi connectivity index (χ4v) is 2.67. The van der Waals surface area contributed by atoms with Gasteiger partial charge in [0.05, 0.1) is 13.2 Å². The molecule has 3 rings (SSSR count). The van der Waals surface area contributed by atoms with Crippen molar-refractivity contribution < 1.29 is 4.74 Å². The van der Waals surface area contributed by atoms with E-state index in [0.29, 0.717) is 0 Å². The molecule has 3 saturated heterocycles. The van der Waals surface area contributed by atoms with E-state index < -0.39 is 0 Å². The van der Waals surface area contributed by atoms with Crippen LogP contribution in [0.25, 0.3) is 0 Å². The Bertz CT molecular complexity index is 186. The van der Waals surface area contributed by atoms with E-state index in [2.05, 4.69) is 20.4 Å². The smallest absolute Gasteiger partial charge is 0.0594 e. The highest BCUT2D eigenvalue weighted by Crippen LogP contribution is 1.98. The molecular weight excluding hydrogens is 240 g/mol. The van der Waals surface area contributed by atoms with E-state index in [1.807, 2.05) is 0 Å². The zero-order chi connectivity index (χ0) is 13.2. The van der Waals surface area contributed by atoms with Crippen molar-refractivity contribution in [1.29, 1.82) is 0 Å². The lowest BCUT2D eigenvalue weighted by Gasteiger charge is -2.31. The van der Waals surface area contributed by atoms with Crippen LogP contribution in [0.2, 0.25) is 0 Å². The molecule has 0 bridgehead atoms. The van der Waals surface area contributed by atoms with E-state index in [0.717, 1.165) is 39.4 Å². The summed E-state index contributed by atoms with van der Waals surface area (Å²) in [7, 11) is 0. The fourth-order valence-electron chi connectivity index (χ4n) is 2.67. The molecule has 0 aromatic carbocycles. The molecule has 3 heterocycles. The molecule has 0 aromatic heterocycles. The van der Waals surface area contributed by atoms with E-state index in [9.17, 15) is 0 Å². The Kier molecular flexibility index (Phi) is 7.73. The number of nitrogens with zero attached hydrogens (tertiary/aromatic N) is 2. The quantitative estimate of drug-likeness (QED) is 0.730.